The zero-order valence-corrected chi connectivity index (χ0v) is 14.2. The maximum Gasteiger partial charge on any atom is 0.271 e. The third-order valence-corrected chi connectivity index (χ3v) is 4.28. The minimum absolute atomic E-state index is 0.0300. The van der Waals surface area contributed by atoms with Gasteiger partial charge in [-0.2, -0.15) is 5.10 Å². The lowest BCUT2D eigenvalue weighted by molar-refractivity contribution is -0.384. The SMILES string of the molecule is Cc1nc(CCNC(=O)c2ccn(-c3cccc([N+](=O)[O-])c3)n2)cs1. The monoisotopic (exact) mass is 357 g/mol. The lowest BCUT2D eigenvalue weighted by Gasteiger charge is -2.02. The molecular weight excluding hydrogens is 342 g/mol. The number of hydrogen-bond acceptors (Lipinski definition) is 6. The van der Waals surface area contributed by atoms with Gasteiger partial charge in [0.1, 0.15) is 0 Å². The molecule has 8 nitrogen and oxygen atoms in total. The molecule has 0 saturated heterocycles. The predicted octanol–water partition coefficient (Wildman–Crippen LogP) is 2.52. The summed E-state index contributed by atoms with van der Waals surface area (Å²) in [6, 6.07) is 7.64. The van der Waals surface area contributed by atoms with E-state index >= 15 is 0 Å². The normalized spacial score (nSPS) is 10.6. The Morgan fingerprint density at radius 3 is 2.96 bits per heavy atom. The molecule has 128 valence electrons. The summed E-state index contributed by atoms with van der Waals surface area (Å²) in [4.78, 5) is 26.9. The summed E-state index contributed by atoms with van der Waals surface area (Å²) in [6.45, 7) is 2.40. The number of nitrogens with one attached hydrogen (secondary N) is 1. The van der Waals surface area contributed by atoms with Gasteiger partial charge < -0.3 is 5.32 Å². The lowest BCUT2D eigenvalue weighted by Crippen LogP contribution is -2.26. The van der Waals surface area contributed by atoms with Crippen LogP contribution in [-0.2, 0) is 6.42 Å². The fourth-order valence-electron chi connectivity index (χ4n) is 2.26. The molecule has 2 aromatic heterocycles. The first-order valence-corrected chi connectivity index (χ1v) is 8.40. The molecule has 1 amide bonds. The summed E-state index contributed by atoms with van der Waals surface area (Å²) < 4.78 is 1.44. The highest BCUT2D eigenvalue weighted by Crippen LogP contribution is 2.16. The molecule has 0 aliphatic heterocycles. The van der Waals surface area contributed by atoms with Gasteiger partial charge in [-0.3, -0.25) is 14.9 Å². The van der Waals surface area contributed by atoms with Crippen LogP contribution in [0.3, 0.4) is 0 Å². The van der Waals surface area contributed by atoms with Gasteiger partial charge in [0.05, 0.1) is 21.3 Å². The van der Waals surface area contributed by atoms with Crippen LogP contribution in [0.4, 0.5) is 5.69 Å². The maximum absolute atomic E-state index is 12.1. The molecule has 3 rings (SSSR count). The van der Waals surface area contributed by atoms with Crippen molar-refractivity contribution in [3.8, 4) is 5.69 Å². The van der Waals surface area contributed by atoms with Crippen molar-refractivity contribution >= 4 is 22.9 Å². The van der Waals surface area contributed by atoms with Gasteiger partial charge >= 0.3 is 0 Å². The number of rotatable bonds is 6. The molecule has 1 aromatic carbocycles. The van der Waals surface area contributed by atoms with E-state index in [1.54, 1.807) is 35.7 Å². The van der Waals surface area contributed by atoms with E-state index < -0.39 is 4.92 Å². The minimum atomic E-state index is -0.471. The zero-order valence-electron chi connectivity index (χ0n) is 13.4. The van der Waals surface area contributed by atoms with Gasteiger partial charge in [0, 0.05) is 36.7 Å². The molecule has 0 fully saturated rings. The zero-order chi connectivity index (χ0) is 17.8. The highest BCUT2D eigenvalue weighted by Gasteiger charge is 2.12. The van der Waals surface area contributed by atoms with Crippen molar-refractivity contribution in [2.75, 3.05) is 6.54 Å². The second kappa shape index (κ2) is 7.22. The van der Waals surface area contributed by atoms with Crippen LogP contribution in [0.1, 0.15) is 21.2 Å². The number of hydrogen-bond donors (Lipinski definition) is 1. The average molecular weight is 357 g/mol. The molecule has 0 bridgehead atoms. The number of thiazole rings is 1. The highest BCUT2D eigenvalue weighted by atomic mass is 32.1. The number of non-ortho nitro benzene ring substituents is 1. The first-order valence-electron chi connectivity index (χ1n) is 7.52. The molecular formula is C16H15N5O3S. The smallest absolute Gasteiger partial charge is 0.271 e. The van der Waals surface area contributed by atoms with E-state index in [1.165, 1.54) is 16.8 Å². The van der Waals surface area contributed by atoms with Crippen molar-refractivity contribution in [3.05, 3.63) is 68.4 Å². The van der Waals surface area contributed by atoms with Crippen LogP contribution < -0.4 is 5.32 Å². The molecule has 0 saturated carbocycles. The number of aromatic nitrogens is 3. The topological polar surface area (TPSA) is 103 Å². The first-order chi connectivity index (χ1) is 12.0. The quantitative estimate of drug-likeness (QED) is 0.539. The summed E-state index contributed by atoms with van der Waals surface area (Å²) in [5, 5.41) is 20.8. The van der Waals surface area contributed by atoms with Gasteiger partial charge in [0.25, 0.3) is 11.6 Å². The van der Waals surface area contributed by atoms with E-state index in [9.17, 15) is 14.9 Å². The molecule has 0 unspecified atom stereocenters. The number of amides is 1. The Balaban J connectivity index is 1.63. The molecule has 0 aliphatic rings. The fourth-order valence-corrected chi connectivity index (χ4v) is 2.90. The average Bonchev–Trinajstić information content (AvgIpc) is 3.24. The number of aryl methyl sites for hydroxylation is 1. The summed E-state index contributed by atoms with van der Waals surface area (Å²) in [5.74, 6) is -0.295. The van der Waals surface area contributed by atoms with E-state index in [1.807, 2.05) is 12.3 Å². The molecule has 3 aromatic rings. The summed E-state index contributed by atoms with van der Waals surface area (Å²) in [6.07, 6.45) is 2.25. The second-order valence-electron chi connectivity index (χ2n) is 5.29. The summed E-state index contributed by atoms with van der Waals surface area (Å²) in [5.41, 5.74) is 1.69. The van der Waals surface area contributed by atoms with E-state index in [2.05, 4.69) is 15.4 Å². The van der Waals surface area contributed by atoms with Crippen LogP contribution in [0.15, 0.2) is 41.9 Å². The Labute approximate surface area is 147 Å². The Morgan fingerprint density at radius 1 is 1.40 bits per heavy atom. The van der Waals surface area contributed by atoms with Crippen LogP contribution in [-0.4, -0.2) is 32.1 Å². The fraction of sp³-hybridized carbons (Fsp3) is 0.188. The van der Waals surface area contributed by atoms with Crippen LogP contribution >= 0.6 is 11.3 Å². The van der Waals surface area contributed by atoms with Gasteiger partial charge in [0.15, 0.2) is 5.69 Å². The van der Waals surface area contributed by atoms with Gasteiger partial charge in [-0.15, -0.1) is 11.3 Å². The van der Waals surface area contributed by atoms with E-state index in [0.717, 1.165) is 10.7 Å². The Bertz CT molecular complexity index is 918. The standard InChI is InChI=1S/C16H15N5O3S/c1-11-18-12(10-25-11)5-7-17-16(22)15-6-8-20(19-15)13-3-2-4-14(9-13)21(23)24/h2-4,6,8-10H,5,7H2,1H3,(H,17,22). The first kappa shape index (κ1) is 16.8. The number of benzene rings is 1. The van der Waals surface area contributed by atoms with Gasteiger partial charge in [0.2, 0.25) is 0 Å². The molecule has 1 N–H and O–H groups in total. The van der Waals surface area contributed by atoms with Gasteiger partial charge in [-0.05, 0) is 19.1 Å². The largest absolute Gasteiger partial charge is 0.350 e. The van der Waals surface area contributed by atoms with Crippen molar-refractivity contribution in [2.45, 2.75) is 13.3 Å². The van der Waals surface area contributed by atoms with Crippen molar-refractivity contribution in [1.29, 1.82) is 0 Å². The number of nitrogens with zero attached hydrogens (tertiary/aromatic N) is 4. The number of carbonyl (C=O) groups excluding carboxylic acids is 1. The van der Waals surface area contributed by atoms with Crippen LogP contribution in [0.25, 0.3) is 5.69 Å². The molecule has 0 atom stereocenters. The predicted molar refractivity (Wildman–Crippen MR) is 93.1 cm³/mol. The molecule has 25 heavy (non-hydrogen) atoms. The number of nitro groups is 1. The lowest BCUT2D eigenvalue weighted by atomic mass is 10.3. The van der Waals surface area contributed by atoms with Crippen LogP contribution in [0.2, 0.25) is 0 Å². The van der Waals surface area contributed by atoms with Crippen LogP contribution in [0, 0.1) is 17.0 Å². The number of carbonyl (C=O) groups is 1. The molecule has 0 aliphatic carbocycles. The summed E-state index contributed by atoms with van der Waals surface area (Å²) in [7, 11) is 0. The second-order valence-corrected chi connectivity index (χ2v) is 6.35. The van der Waals surface area contributed by atoms with Crippen molar-refractivity contribution in [1.82, 2.24) is 20.1 Å². The van der Waals surface area contributed by atoms with Crippen molar-refractivity contribution < 1.29 is 9.72 Å². The Hall–Kier alpha value is -3.07. The van der Waals surface area contributed by atoms with Gasteiger partial charge in [-0.1, -0.05) is 6.07 Å². The number of nitro benzene ring substituents is 1. The third-order valence-electron chi connectivity index (χ3n) is 3.46. The minimum Gasteiger partial charge on any atom is -0.350 e. The molecule has 0 radical (unpaired) electrons. The Morgan fingerprint density at radius 2 is 2.24 bits per heavy atom. The van der Waals surface area contributed by atoms with E-state index in [4.69, 9.17) is 0 Å². The van der Waals surface area contributed by atoms with Crippen molar-refractivity contribution in [2.24, 2.45) is 0 Å². The molecule has 9 heteroatoms. The van der Waals surface area contributed by atoms with E-state index in [-0.39, 0.29) is 17.3 Å². The van der Waals surface area contributed by atoms with E-state index in [0.29, 0.717) is 18.7 Å². The van der Waals surface area contributed by atoms with Crippen molar-refractivity contribution in [3.63, 3.8) is 0 Å². The maximum atomic E-state index is 12.1. The summed E-state index contributed by atoms with van der Waals surface area (Å²) >= 11 is 1.58. The van der Waals surface area contributed by atoms with Crippen LogP contribution in [0.5, 0.6) is 0 Å². The Kier molecular flexibility index (Phi) is 4.85. The molecule has 2 heterocycles. The third kappa shape index (κ3) is 4.07. The van der Waals surface area contributed by atoms with Gasteiger partial charge in [-0.25, -0.2) is 9.67 Å². The molecule has 0 spiro atoms. The highest BCUT2D eigenvalue weighted by molar-refractivity contribution is 7.09.